The van der Waals surface area contributed by atoms with Crippen molar-refractivity contribution >= 4 is 46.3 Å². The Morgan fingerprint density at radius 2 is 1.85 bits per heavy atom. The van der Waals surface area contributed by atoms with Crippen LogP contribution in [0, 0.1) is 17.4 Å². The van der Waals surface area contributed by atoms with E-state index in [0.717, 1.165) is 22.6 Å². The molecule has 0 saturated heterocycles. The van der Waals surface area contributed by atoms with Gasteiger partial charge in [0.05, 0.1) is 16.8 Å². The van der Waals surface area contributed by atoms with Crippen molar-refractivity contribution in [3.05, 3.63) is 85.7 Å². The van der Waals surface area contributed by atoms with Crippen LogP contribution in [0.25, 0.3) is 5.69 Å². The van der Waals surface area contributed by atoms with Crippen molar-refractivity contribution in [3.8, 4) is 5.69 Å². The van der Waals surface area contributed by atoms with E-state index in [0.29, 0.717) is 10.6 Å². The van der Waals surface area contributed by atoms with Gasteiger partial charge in [-0.05, 0) is 78.9 Å². The summed E-state index contributed by atoms with van der Waals surface area (Å²) in [5.74, 6) is -0.335. The van der Waals surface area contributed by atoms with Gasteiger partial charge in [0.15, 0.2) is 0 Å². The first-order valence-electron chi connectivity index (χ1n) is 8.00. The number of rotatable bonds is 4. The van der Waals surface area contributed by atoms with E-state index in [-0.39, 0.29) is 5.91 Å². The molecule has 6 heteroatoms. The van der Waals surface area contributed by atoms with Crippen LogP contribution < -0.4 is 5.43 Å². The molecule has 1 amide bonds. The Morgan fingerprint density at radius 1 is 1.15 bits per heavy atom. The van der Waals surface area contributed by atoms with Crippen molar-refractivity contribution in [2.75, 3.05) is 0 Å². The third kappa shape index (κ3) is 3.99. The second kappa shape index (κ2) is 8.05. The predicted octanol–water partition coefficient (Wildman–Crippen LogP) is 5.12. The van der Waals surface area contributed by atoms with Crippen LogP contribution in [0.2, 0.25) is 5.02 Å². The zero-order valence-corrected chi connectivity index (χ0v) is 17.2. The molecular formula is C20H17ClIN3O. The van der Waals surface area contributed by atoms with Crippen LogP contribution in [0.15, 0.2) is 59.7 Å². The van der Waals surface area contributed by atoms with Gasteiger partial charge in [-0.2, -0.15) is 5.10 Å². The number of nitrogens with zero attached hydrogens (tertiary/aromatic N) is 2. The summed E-state index contributed by atoms with van der Waals surface area (Å²) >= 11 is 8.32. The van der Waals surface area contributed by atoms with E-state index in [1.54, 1.807) is 30.5 Å². The number of aryl methyl sites for hydroxylation is 1. The molecular weight excluding hydrogens is 461 g/mol. The maximum atomic E-state index is 12.2. The highest BCUT2D eigenvalue weighted by Crippen LogP contribution is 2.20. The van der Waals surface area contributed by atoms with Crippen LogP contribution in [-0.4, -0.2) is 16.7 Å². The minimum atomic E-state index is -0.335. The second-order valence-corrected chi connectivity index (χ2v) is 7.47. The fraction of sp³-hybridized carbons (Fsp3) is 0.100. The molecule has 0 spiro atoms. The molecule has 3 aromatic rings. The number of halogens is 2. The van der Waals surface area contributed by atoms with E-state index in [9.17, 15) is 4.79 Å². The molecule has 0 saturated carbocycles. The van der Waals surface area contributed by atoms with E-state index >= 15 is 0 Å². The van der Waals surface area contributed by atoms with Gasteiger partial charge >= 0.3 is 0 Å². The Labute approximate surface area is 171 Å². The average molecular weight is 478 g/mol. The Balaban J connectivity index is 1.79. The highest BCUT2D eigenvalue weighted by atomic mass is 127. The van der Waals surface area contributed by atoms with Crippen LogP contribution in [0.1, 0.15) is 27.3 Å². The van der Waals surface area contributed by atoms with E-state index < -0.39 is 0 Å². The summed E-state index contributed by atoms with van der Waals surface area (Å²) in [5, 5.41) is 4.48. The molecule has 1 N–H and O–H groups in total. The monoisotopic (exact) mass is 477 g/mol. The van der Waals surface area contributed by atoms with Gasteiger partial charge in [-0.3, -0.25) is 4.79 Å². The number of hydrazone groups is 1. The number of carbonyl (C=O) groups excluding carboxylic acids is 1. The van der Waals surface area contributed by atoms with E-state index in [4.69, 9.17) is 11.6 Å². The molecule has 0 unspecified atom stereocenters. The normalized spacial score (nSPS) is 11.1. The Bertz CT molecular complexity index is 977. The van der Waals surface area contributed by atoms with Crippen molar-refractivity contribution in [2.24, 2.45) is 5.10 Å². The summed E-state index contributed by atoms with van der Waals surface area (Å²) in [6.45, 7) is 4.08. The molecule has 0 aliphatic carbocycles. The first kappa shape index (κ1) is 18.7. The van der Waals surface area contributed by atoms with Gasteiger partial charge in [-0.25, -0.2) is 5.43 Å². The lowest BCUT2D eigenvalue weighted by Crippen LogP contribution is -2.18. The highest BCUT2D eigenvalue weighted by molar-refractivity contribution is 14.1. The van der Waals surface area contributed by atoms with E-state index in [2.05, 4.69) is 62.0 Å². The van der Waals surface area contributed by atoms with Gasteiger partial charge in [-0.15, -0.1) is 0 Å². The standard InChI is InChI=1S/C20H17ClIN3O/c1-13-11-15(14(2)25(13)17-9-7-16(22)8-10-17)12-23-24-20(26)18-5-3-4-6-19(18)21/h3-12H,1-2H3,(H,24,26)/b23-12+. The maximum absolute atomic E-state index is 12.2. The fourth-order valence-electron chi connectivity index (χ4n) is 2.77. The molecule has 2 aromatic carbocycles. The van der Waals surface area contributed by atoms with E-state index in [1.807, 2.05) is 19.9 Å². The molecule has 4 nitrogen and oxygen atoms in total. The fourth-order valence-corrected chi connectivity index (χ4v) is 3.35. The van der Waals surface area contributed by atoms with Crippen molar-refractivity contribution in [1.82, 2.24) is 9.99 Å². The summed E-state index contributed by atoms with van der Waals surface area (Å²) in [4.78, 5) is 12.2. The van der Waals surface area contributed by atoms with Crippen molar-refractivity contribution in [3.63, 3.8) is 0 Å². The molecule has 0 atom stereocenters. The summed E-state index contributed by atoms with van der Waals surface area (Å²) in [5.41, 5.74) is 7.12. The summed E-state index contributed by atoms with van der Waals surface area (Å²) in [7, 11) is 0. The molecule has 0 radical (unpaired) electrons. The highest BCUT2D eigenvalue weighted by Gasteiger charge is 2.10. The lowest BCUT2D eigenvalue weighted by Gasteiger charge is -2.09. The van der Waals surface area contributed by atoms with Crippen LogP contribution in [0.3, 0.4) is 0 Å². The first-order chi connectivity index (χ1) is 12.5. The van der Waals surface area contributed by atoms with Gasteiger partial charge in [0.2, 0.25) is 0 Å². The van der Waals surface area contributed by atoms with Crippen LogP contribution in [-0.2, 0) is 0 Å². The van der Waals surface area contributed by atoms with Crippen molar-refractivity contribution in [2.45, 2.75) is 13.8 Å². The van der Waals surface area contributed by atoms with Gasteiger partial charge < -0.3 is 4.57 Å². The van der Waals surface area contributed by atoms with Crippen LogP contribution >= 0.6 is 34.2 Å². The number of hydrogen-bond acceptors (Lipinski definition) is 2. The molecule has 1 heterocycles. The number of benzene rings is 2. The SMILES string of the molecule is Cc1cc(/C=N/NC(=O)c2ccccc2Cl)c(C)n1-c1ccc(I)cc1. The van der Waals surface area contributed by atoms with Crippen LogP contribution in [0.5, 0.6) is 0 Å². The topological polar surface area (TPSA) is 46.4 Å². The predicted molar refractivity (Wildman–Crippen MR) is 114 cm³/mol. The van der Waals surface area contributed by atoms with Gasteiger partial charge in [0.1, 0.15) is 0 Å². The van der Waals surface area contributed by atoms with Gasteiger partial charge in [0, 0.05) is 26.2 Å². The third-order valence-electron chi connectivity index (χ3n) is 4.04. The molecule has 0 aliphatic rings. The van der Waals surface area contributed by atoms with Crippen molar-refractivity contribution < 1.29 is 4.79 Å². The molecule has 132 valence electrons. The van der Waals surface area contributed by atoms with Crippen LogP contribution in [0.4, 0.5) is 0 Å². The molecule has 0 bridgehead atoms. The number of hydrogen-bond donors (Lipinski definition) is 1. The average Bonchev–Trinajstić information content (AvgIpc) is 2.90. The zero-order valence-electron chi connectivity index (χ0n) is 14.3. The number of carbonyl (C=O) groups is 1. The zero-order chi connectivity index (χ0) is 18.7. The van der Waals surface area contributed by atoms with Gasteiger partial charge in [-0.1, -0.05) is 23.7 Å². The summed E-state index contributed by atoms with van der Waals surface area (Å²) in [6, 6.07) is 17.2. The minimum Gasteiger partial charge on any atom is -0.318 e. The van der Waals surface area contributed by atoms with Crippen molar-refractivity contribution in [1.29, 1.82) is 0 Å². The Morgan fingerprint density at radius 3 is 2.54 bits per heavy atom. The Kier molecular flexibility index (Phi) is 5.78. The van der Waals surface area contributed by atoms with E-state index in [1.165, 1.54) is 3.57 Å². The quantitative estimate of drug-likeness (QED) is 0.317. The Hall–Kier alpha value is -2.12. The number of amides is 1. The molecule has 3 rings (SSSR count). The molecule has 0 fully saturated rings. The lowest BCUT2D eigenvalue weighted by atomic mass is 10.2. The molecule has 1 aromatic heterocycles. The maximum Gasteiger partial charge on any atom is 0.272 e. The molecule has 26 heavy (non-hydrogen) atoms. The molecule has 0 aliphatic heterocycles. The largest absolute Gasteiger partial charge is 0.318 e. The lowest BCUT2D eigenvalue weighted by molar-refractivity contribution is 0.0955. The third-order valence-corrected chi connectivity index (χ3v) is 5.09. The number of nitrogens with one attached hydrogen (secondary N) is 1. The van der Waals surface area contributed by atoms with Gasteiger partial charge in [0.25, 0.3) is 5.91 Å². The number of aromatic nitrogens is 1. The minimum absolute atomic E-state index is 0.335. The summed E-state index contributed by atoms with van der Waals surface area (Å²) in [6.07, 6.45) is 1.65. The first-order valence-corrected chi connectivity index (χ1v) is 9.46. The second-order valence-electron chi connectivity index (χ2n) is 5.82. The summed E-state index contributed by atoms with van der Waals surface area (Å²) < 4.78 is 3.35. The smallest absolute Gasteiger partial charge is 0.272 e.